The molecule has 2 N–H and O–H groups in total. The number of benzene rings is 1. The Morgan fingerprint density at radius 1 is 1.40 bits per heavy atom. The lowest BCUT2D eigenvalue weighted by atomic mass is 10.0. The van der Waals surface area contributed by atoms with Crippen LogP contribution in [0.5, 0.6) is 0 Å². The molecule has 3 rings (SSSR count). The normalized spacial score (nSPS) is 16.1. The SMILES string of the molecule is CC(N)Cc1cccc(Cl)c1N1CCn2cnnc2C1. The van der Waals surface area contributed by atoms with E-state index in [-0.39, 0.29) is 6.04 Å². The van der Waals surface area contributed by atoms with Gasteiger partial charge in [0, 0.05) is 19.1 Å². The van der Waals surface area contributed by atoms with E-state index in [1.807, 2.05) is 19.1 Å². The minimum Gasteiger partial charge on any atom is -0.361 e. The number of fused-ring (bicyclic) bond motifs is 1. The molecule has 0 saturated heterocycles. The molecule has 0 spiro atoms. The first-order chi connectivity index (χ1) is 9.65. The van der Waals surface area contributed by atoms with Crippen LogP contribution in [-0.4, -0.2) is 27.4 Å². The first-order valence-corrected chi connectivity index (χ1v) is 7.17. The molecule has 0 bridgehead atoms. The summed E-state index contributed by atoms with van der Waals surface area (Å²) in [6.07, 6.45) is 2.60. The van der Waals surface area contributed by atoms with Crippen molar-refractivity contribution in [3.05, 3.63) is 40.9 Å². The van der Waals surface area contributed by atoms with E-state index in [2.05, 4.69) is 25.7 Å². The maximum absolute atomic E-state index is 6.42. The van der Waals surface area contributed by atoms with Crippen LogP contribution in [0.3, 0.4) is 0 Å². The highest BCUT2D eigenvalue weighted by Gasteiger charge is 2.22. The Morgan fingerprint density at radius 2 is 2.25 bits per heavy atom. The molecular weight excluding hydrogens is 274 g/mol. The molecular formula is C14H18ClN5. The van der Waals surface area contributed by atoms with Gasteiger partial charge in [-0.3, -0.25) is 0 Å². The minimum atomic E-state index is 0.112. The van der Waals surface area contributed by atoms with Crippen LogP contribution in [0.1, 0.15) is 18.3 Å². The van der Waals surface area contributed by atoms with Crippen LogP contribution in [-0.2, 0) is 19.5 Å². The van der Waals surface area contributed by atoms with Gasteiger partial charge in [-0.15, -0.1) is 10.2 Å². The van der Waals surface area contributed by atoms with Crippen LogP contribution < -0.4 is 10.6 Å². The lowest BCUT2D eigenvalue weighted by Crippen LogP contribution is -2.34. The smallest absolute Gasteiger partial charge is 0.152 e. The Bertz CT molecular complexity index is 607. The van der Waals surface area contributed by atoms with Crippen molar-refractivity contribution in [1.29, 1.82) is 0 Å². The molecule has 1 aromatic heterocycles. The highest BCUT2D eigenvalue weighted by molar-refractivity contribution is 6.33. The van der Waals surface area contributed by atoms with Crippen LogP contribution >= 0.6 is 11.6 Å². The van der Waals surface area contributed by atoms with Crippen LogP contribution in [0, 0.1) is 0 Å². The second-order valence-electron chi connectivity index (χ2n) is 5.29. The topological polar surface area (TPSA) is 60.0 Å². The zero-order valence-corrected chi connectivity index (χ0v) is 12.2. The fraction of sp³-hybridized carbons (Fsp3) is 0.429. The van der Waals surface area contributed by atoms with Gasteiger partial charge in [0.15, 0.2) is 5.82 Å². The highest BCUT2D eigenvalue weighted by atomic mass is 35.5. The van der Waals surface area contributed by atoms with Crippen LogP contribution in [0.25, 0.3) is 0 Å². The predicted molar refractivity (Wildman–Crippen MR) is 79.9 cm³/mol. The average molecular weight is 292 g/mol. The zero-order valence-electron chi connectivity index (χ0n) is 11.5. The largest absolute Gasteiger partial charge is 0.361 e. The van der Waals surface area contributed by atoms with Crippen molar-refractivity contribution in [3.63, 3.8) is 0 Å². The molecule has 6 heteroatoms. The van der Waals surface area contributed by atoms with Crippen LogP contribution in [0.2, 0.25) is 5.02 Å². The summed E-state index contributed by atoms with van der Waals surface area (Å²) in [7, 11) is 0. The van der Waals surface area contributed by atoms with E-state index < -0.39 is 0 Å². The molecule has 1 unspecified atom stereocenters. The fourth-order valence-electron chi connectivity index (χ4n) is 2.68. The van der Waals surface area contributed by atoms with E-state index in [0.29, 0.717) is 0 Å². The number of aromatic nitrogens is 3. The van der Waals surface area contributed by atoms with Crippen molar-refractivity contribution in [3.8, 4) is 0 Å². The third kappa shape index (κ3) is 2.51. The van der Waals surface area contributed by atoms with Gasteiger partial charge in [0.2, 0.25) is 0 Å². The molecule has 1 aromatic carbocycles. The van der Waals surface area contributed by atoms with Gasteiger partial charge in [0.05, 0.1) is 17.3 Å². The van der Waals surface area contributed by atoms with Gasteiger partial charge in [-0.1, -0.05) is 23.7 Å². The molecule has 0 aliphatic carbocycles. The van der Waals surface area contributed by atoms with Crippen molar-refractivity contribution in [2.45, 2.75) is 32.5 Å². The number of hydrogen-bond acceptors (Lipinski definition) is 4. The first-order valence-electron chi connectivity index (χ1n) is 6.79. The molecule has 0 fully saturated rings. The maximum Gasteiger partial charge on any atom is 0.152 e. The lowest BCUT2D eigenvalue weighted by Gasteiger charge is -2.31. The van der Waals surface area contributed by atoms with E-state index in [4.69, 9.17) is 17.3 Å². The fourth-order valence-corrected chi connectivity index (χ4v) is 3.00. The number of hydrogen-bond donors (Lipinski definition) is 1. The van der Waals surface area contributed by atoms with Crippen LogP contribution in [0.4, 0.5) is 5.69 Å². The third-order valence-corrected chi connectivity index (χ3v) is 3.87. The van der Waals surface area contributed by atoms with Gasteiger partial charge in [-0.2, -0.15) is 0 Å². The molecule has 0 amide bonds. The van der Waals surface area contributed by atoms with Crippen LogP contribution in [0.15, 0.2) is 24.5 Å². The lowest BCUT2D eigenvalue weighted by molar-refractivity contribution is 0.558. The monoisotopic (exact) mass is 291 g/mol. The van der Waals surface area contributed by atoms with E-state index in [9.17, 15) is 0 Å². The average Bonchev–Trinajstić information content (AvgIpc) is 2.85. The summed E-state index contributed by atoms with van der Waals surface area (Å²) in [5, 5.41) is 8.89. The summed E-state index contributed by atoms with van der Waals surface area (Å²) in [4.78, 5) is 2.27. The molecule has 0 saturated carbocycles. The predicted octanol–water partition coefficient (Wildman–Crippen LogP) is 1.84. The molecule has 106 valence electrons. The Kier molecular flexibility index (Phi) is 3.63. The molecule has 1 aliphatic rings. The first kappa shape index (κ1) is 13.4. The molecule has 1 atom stereocenters. The van der Waals surface area contributed by atoms with E-state index in [1.54, 1.807) is 6.33 Å². The van der Waals surface area contributed by atoms with E-state index in [1.165, 1.54) is 5.56 Å². The summed E-state index contributed by atoms with van der Waals surface area (Å²) < 4.78 is 2.08. The van der Waals surface area contributed by atoms with Crippen molar-refractivity contribution in [2.75, 3.05) is 11.4 Å². The van der Waals surface area contributed by atoms with Gasteiger partial charge in [0.25, 0.3) is 0 Å². The van der Waals surface area contributed by atoms with E-state index >= 15 is 0 Å². The van der Waals surface area contributed by atoms with Gasteiger partial charge in [0.1, 0.15) is 6.33 Å². The summed E-state index contributed by atoms with van der Waals surface area (Å²) in [6.45, 7) is 4.53. The molecule has 5 nitrogen and oxygen atoms in total. The molecule has 0 radical (unpaired) electrons. The van der Waals surface area contributed by atoms with Gasteiger partial charge in [-0.25, -0.2) is 0 Å². The highest BCUT2D eigenvalue weighted by Crippen LogP contribution is 2.32. The number of rotatable bonds is 3. The van der Waals surface area contributed by atoms with Gasteiger partial charge in [-0.05, 0) is 25.0 Å². The Hall–Kier alpha value is -1.59. The zero-order chi connectivity index (χ0) is 14.1. The van der Waals surface area contributed by atoms with Gasteiger partial charge < -0.3 is 15.2 Å². The quantitative estimate of drug-likeness (QED) is 0.937. The van der Waals surface area contributed by atoms with Crippen molar-refractivity contribution >= 4 is 17.3 Å². The summed E-state index contributed by atoms with van der Waals surface area (Å²) in [5.41, 5.74) is 8.22. The summed E-state index contributed by atoms with van der Waals surface area (Å²) >= 11 is 6.42. The summed E-state index contributed by atoms with van der Waals surface area (Å²) in [6, 6.07) is 6.13. The number of para-hydroxylation sites is 1. The Balaban J connectivity index is 1.94. The maximum atomic E-state index is 6.42. The standard InChI is InChI=1S/C14H18ClN5/c1-10(16)7-11-3-2-4-12(15)14(11)19-5-6-20-9-17-18-13(20)8-19/h2-4,9-10H,5-8,16H2,1H3. The minimum absolute atomic E-state index is 0.112. The van der Waals surface area contributed by atoms with E-state index in [0.717, 1.165) is 42.6 Å². The molecule has 2 heterocycles. The number of nitrogens with zero attached hydrogens (tertiary/aromatic N) is 4. The molecule has 20 heavy (non-hydrogen) atoms. The van der Waals surface area contributed by atoms with Crippen molar-refractivity contribution in [1.82, 2.24) is 14.8 Å². The number of halogens is 1. The summed E-state index contributed by atoms with van der Waals surface area (Å²) in [5.74, 6) is 0.975. The number of anilines is 1. The van der Waals surface area contributed by atoms with Crippen molar-refractivity contribution < 1.29 is 0 Å². The molecule has 1 aliphatic heterocycles. The Labute approximate surface area is 123 Å². The molecule has 2 aromatic rings. The third-order valence-electron chi connectivity index (χ3n) is 3.57. The number of nitrogens with two attached hydrogens (primary N) is 1. The van der Waals surface area contributed by atoms with Gasteiger partial charge >= 0.3 is 0 Å². The Morgan fingerprint density at radius 3 is 3.05 bits per heavy atom. The second-order valence-corrected chi connectivity index (χ2v) is 5.70. The second kappa shape index (κ2) is 5.42. The van der Waals surface area contributed by atoms with Crippen molar-refractivity contribution in [2.24, 2.45) is 5.73 Å².